The van der Waals surface area contributed by atoms with Gasteiger partial charge in [0, 0.05) is 38.3 Å². The number of aliphatic imine (C=N–C) groups is 1. The minimum absolute atomic E-state index is 0.0444. The smallest absolute Gasteiger partial charge is 0.229 e. The van der Waals surface area contributed by atoms with E-state index in [4.69, 9.17) is 4.99 Å². The topological polar surface area (TPSA) is 77.0 Å². The molecule has 2 rings (SSSR count). The van der Waals surface area contributed by atoms with Gasteiger partial charge in [0.15, 0.2) is 5.96 Å². The zero-order chi connectivity index (χ0) is 18.8. The Morgan fingerprint density at radius 3 is 2.73 bits per heavy atom. The minimum atomic E-state index is 0.0444. The lowest BCUT2D eigenvalue weighted by Crippen LogP contribution is -2.44. The molecule has 0 aliphatic carbocycles. The summed E-state index contributed by atoms with van der Waals surface area (Å²) < 4.78 is 0. The summed E-state index contributed by atoms with van der Waals surface area (Å²) in [4.78, 5) is 18.9. The van der Waals surface area contributed by atoms with Crippen LogP contribution in [0.2, 0.25) is 0 Å². The molecule has 1 aliphatic heterocycles. The van der Waals surface area contributed by atoms with Gasteiger partial charge in [-0.05, 0) is 37.8 Å². The number of amides is 1. The van der Waals surface area contributed by atoms with E-state index in [1.807, 2.05) is 42.2 Å². The molecule has 1 heterocycles. The molecule has 1 fully saturated rings. The van der Waals surface area contributed by atoms with Crippen molar-refractivity contribution in [2.24, 2.45) is 10.9 Å². The molecule has 6 heteroatoms. The van der Waals surface area contributed by atoms with E-state index in [2.05, 4.69) is 17.6 Å². The molecule has 1 aromatic rings. The Kier molecular flexibility index (Phi) is 8.41. The van der Waals surface area contributed by atoms with Crippen molar-refractivity contribution in [1.29, 1.82) is 0 Å². The van der Waals surface area contributed by atoms with Gasteiger partial charge in [0.2, 0.25) is 5.91 Å². The highest BCUT2D eigenvalue weighted by Gasteiger charge is 2.31. The van der Waals surface area contributed by atoms with Crippen LogP contribution in [0.4, 0.5) is 5.69 Å². The van der Waals surface area contributed by atoms with E-state index in [1.54, 1.807) is 0 Å². The number of hydrogen-bond acceptors (Lipinski definition) is 3. The standard InChI is InChI=1S/C20H32N4O2/c1-3-8-16(11-12-25)14-22-20(21-4-2)23-17-13-19(26)24(15-17)18-9-6-5-7-10-18/h5-7,9-10,16-17,25H,3-4,8,11-15H2,1-2H3,(H2,21,22,23). The SMILES string of the molecule is CCCC(CCO)CN=C(NCC)NC1CC(=O)N(c2ccccc2)C1. The number of carbonyl (C=O) groups is 1. The highest BCUT2D eigenvalue weighted by atomic mass is 16.3. The number of para-hydroxylation sites is 1. The number of anilines is 1. The number of carbonyl (C=O) groups excluding carboxylic acids is 1. The molecule has 144 valence electrons. The van der Waals surface area contributed by atoms with E-state index in [0.29, 0.717) is 25.4 Å². The van der Waals surface area contributed by atoms with Crippen LogP contribution in [-0.2, 0) is 4.79 Å². The number of nitrogens with zero attached hydrogens (tertiary/aromatic N) is 2. The first-order chi connectivity index (χ1) is 12.7. The normalized spacial score (nSPS) is 18.9. The van der Waals surface area contributed by atoms with Gasteiger partial charge in [-0.2, -0.15) is 0 Å². The Labute approximate surface area is 156 Å². The van der Waals surface area contributed by atoms with Crippen LogP contribution in [0.3, 0.4) is 0 Å². The molecule has 1 aromatic carbocycles. The average Bonchev–Trinajstić information content (AvgIpc) is 3.01. The van der Waals surface area contributed by atoms with Gasteiger partial charge in [0.1, 0.15) is 0 Å². The molecule has 0 saturated carbocycles. The predicted octanol–water partition coefficient (Wildman–Crippen LogP) is 2.15. The average molecular weight is 361 g/mol. The number of aliphatic hydroxyl groups is 1. The van der Waals surface area contributed by atoms with Crippen molar-refractivity contribution in [2.45, 2.75) is 45.6 Å². The zero-order valence-corrected chi connectivity index (χ0v) is 15.9. The van der Waals surface area contributed by atoms with Crippen molar-refractivity contribution in [3.63, 3.8) is 0 Å². The molecule has 1 aliphatic rings. The van der Waals surface area contributed by atoms with Crippen molar-refractivity contribution in [1.82, 2.24) is 10.6 Å². The fourth-order valence-electron chi connectivity index (χ4n) is 3.31. The third-order valence-electron chi connectivity index (χ3n) is 4.62. The van der Waals surface area contributed by atoms with Gasteiger partial charge in [0.25, 0.3) is 0 Å². The van der Waals surface area contributed by atoms with Gasteiger partial charge < -0.3 is 20.6 Å². The lowest BCUT2D eigenvalue weighted by molar-refractivity contribution is -0.117. The number of benzene rings is 1. The summed E-state index contributed by atoms with van der Waals surface area (Å²) in [6, 6.07) is 9.82. The second-order valence-corrected chi connectivity index (χ2v) is 6.77. The first-order valence-corrected chi connectivity index (χ1v) is 9.69. The van der Waals surface area contributed by atoms with Crippen LogP contribution in [0.25, 0.3) is 0 Å². The van der Waals surface area contributed by atoms with E-state index in [0.717, 1.165) is 37.5 Å². The Morgan fingerprint density at radius 1 is 1.31 bits per heavy atom. The van der Waals surface area contributed by atoms with E-state index < -0.39 is 0 Å². The van der Waals surface area contributed by atoms with Crippen molar-refractivity contribution in [3.05, 3.63) is 30.3 Å². The van der Waals surface area contributed by atoms with Crippen molar-refractivity contribution in [2.75, 3.05) is 31.1 Å². The summed E-state index contributed by atoms with van der Waals surface area (Å²) in [5, 5.41) is 15.9. The lowest BCUT2D eigenvalue weighted by Gasteiger charge is -2.20. The molecule has 0 spiro atoms. The highest BCUT2D eigenvalue weighted by Crippen LogP contribution is 2.21. The Hall–Kier alpha value is -2.08. The van der Waals surface area contributed by atoms with E-state index in [1.165, 1.54) is 0 Å². The summed E-state index contributed by atoms with van der Waals surface area (Å²) in [6.07, 6.45) is 3.40. The van der Waals surface area contributed by atoms with Crippen LogP contribution in [0.15, 0.2) is 35.3 Å². The molecule has 2 unspecified atom stereocenters. The third-order valence-corrected chi connectivity index (χ3v) is 4.62. The van der Waals surface area contributed by atoms with Crippen LogP contribution in [0.1, 0.15) is 39.5 Å². The lowest BCUT2D eigenvalue weighted by atomic mass is 10.0. The van der Waals surface area contributed by atoms with E-state index in [9.17, 15) is 9.90 Å². The molecular formula is C20H32N4O2. The number of rotatable bonds is 9. The van der Waals surface area contributed by atoms with Crippen molar-refractivity contribution in [3.8, 4) is 0 Å². The number of guanidine groups is 1. The van der Waals surface area contributed by atoms with Gasteiger partial charge in [0.05, 0.1) is 6.04 Å². The second kappa shape index (κ2) is 10.8. The second-order valence-electron chi connectivity index (χ2n) is 6.77. The molecule has 2 atom stereocenters. The van der Waals surface area contributed by atoms with Gasteiger partial charge in [-0.1, -0.05) is 31.5 Å². The number of nitrogens with one attached hydrogen (secondary N) is 2. The van der Waals surface area contributed by atoms with Gasteiger partial charge >= 0.3 is 0 Å². The maximum Gasteiger partial charge on any atom is 0.229 e. The Bertz CT molecular complexity index is 570. The molecular weight excluding hydrogens is 328 g/mol. The minimum Gasteiger partial charge on any atom is -0.396 e. The van der Waals surface area contributed by atoms with Crippen LogP contribution >= 0.6 is 0 Å². The highest BCUT2D eigenvalue weighted by molar-refractivity contribution is 5.97. The first kappa shape index (κ1) is 20.2. The van der Waals surface area contributed by atoms with Gasteiger partial charge in [-0.25, -0.2) is 0 Å². The third kappa shape index (κ3) is 6.02. The fourth-order valence-corrected chi connectivity index (χ4v) is 3.31. The molecule has 0 bridgehead atoms. The summed E-state index contributed by atoms with van der Waals surface area (Å²) >= 11 is 0. The quantitative estimate of drug-likeness (QED) is 0.466. The van der Waals surface area contributed by atoms with Gasteiger partial charge in [-0.15, -0.1) is 0 Å². The van der Waals surface area contributed by atoms with Crippen LogP contribution in [0.5, 0.6) is 0 Å². The zero-order valence-electron chi connectivity index (χ0n) is 15.9. The molecule has 1 amide bonds. The molecule has 0 aromatic heterocycles. The van der Waals surface area contributed by atoms with Gasteiger partial charge in [-0.3, -0.25) is 9.79 Å². The number of hydrogen-bond donors (Lipinski definition) is 3. The monoisotopic (exact) mass is 360 g/mol. The Balaban J connectivity index is 1.96. The largest absolute Gasteiger partial charge is 0.396 e. The fraction of sp³-hybridized carbons (Fsp3) is 0.600. The van der Waals surface area contributed by atoms with Crippen LogP contribution in [-0.4, -0.2) is 49.3 Å². The number of aliphatic hydroxyl groups excluding tert-OH is 1. The molecule has 26 heavy (non-hydrogen) atoms. The summed E-state index contributed by atoms with van der Waals surface area (Å²) in [7, 11) is 0. The van der Waals surface area contributed by atoms with Crippen LogP contribution < -0.4 is 15.5 Å². The summed E-state index contributed by atoms with van der Waals surface area (Å²) in [5.74, 6) is 1.28. The van der Waals surface area contributed by atoms with E-state index in [-0.39, 0.29) is 18.6 Å². The molecule has 1 saturated heterocycles. The summed E-state index contributed by atoms with van der Waals surface area (Å²) in [5.41, 5.74) is 0.940. The maximum atomic E-state index is 12.4. The summed E-state index contributed by atoms with van der Waals surface area (Å²) in [6.45, 7) is 6.49. The van der Waals surface area contributed by atoms with Crippen molar-refractivity contribution < 1.29 is 9.90 Å². The Morgan fingerprint density at radius 2 is 2.08 bits per heavy atom. The first-order valence-electron chi connectivity index (χ1n) is 9.69. The molecule has 0 radical (unpaired) electrons. The van der Waals surface area contributed by atoms with Crippen molar-refractivity contribution >= 4 is 17.6 Å². The molecule has 3 N–H and O–H groups in total. The van der Waals surface area contributed by atoms with Crippen LogP contribution in [0, 0.1) is 5.92 Å². The maximum absolute atomic E-state index is 12.4. The predicted molar refractivity (Wildman–Crippen MR) is 106 cm³/mol. The van der Waals surface area contributed by atoms with E-state index >= 15 is 0 Å². The molecule has 6 nitrogen and oxygen atoms in total.